The van der Waals surface area contributed by atoms with Gasteiger partial charge >= 0.3 is 0 Å². The number of halogens is 1. The molecule has 3 heteroatoms. The van der Waals surface area contributed by atoms with Crippen molar-refractivity contribution in [3.63, 3.8) is 0 Å². The third kappa shape index (κ3) is 3.20. The number of hydrogen-bond donors (Lipinski definition) is 1. The lowest BCUT2D eigenvalue weighted by atomic mass is 9.89. The van der Waals surface area contributed by atoms with Crippen molar-refractivity contribution in [1.82, 2.24) is 5.32 Å². The highest BCUT2D eigenvalue weighted by molar-refractivity contribution is 9.10. The van der Waals surface area contributed by atoms with Crippen LogP contribution in [0.15, 0.2) is 22.7 Å². The van der Waals surface area contributed by atoms with Crippen molar-refractivity contribution in [2.45, 2.75) is 52.6 Å². The zero-order chi connectivity index (χ0) is 14.9. The van der Waals surface area contributed by atoms with Crippen molar-refractivity contribution in [3.8, 4) is 0 Å². The molecule has 1 aromatic carbocycles. The summed E-state index contributed by atoms with van der Waals surface area (Å²) in [4.78, 5) is 2.62. The molecule has 2 atom stereocenters. The minimum atomic E-state index is 0.213. The molecule has 1 saturated heterocycles. The van der Waals surface area contributed by atoms with Gasteiger partial charge in [0.05, 0.1) is 0 Å². The van der Waals surface area contributed by atoms with Crippen LogP contribution in [0.4, 0.5) is 5.69 Å². The Labute approximate surface area is 132 Å². The molecular weight excluding hydrogens is 312 g/mol. The van der Waals surface area contributed by atoms with Gasteiger partial charge in [-0.3, -0.25) is 0 Å². The third-order valence-corrected chi connectivity index (χ3v) is 5.17. The second-order valence-electron chi connectivity index (χ2n) is 6.67. The maximum atomic E-state index is 3.76. The van der Waals surface area contributed by atoms with Crippen LogP contribution in [0.2, 0.25) is 0 Å². The summed E-state index contributed by atoms with van der Waals surface area (Å²) >= 11 is 3.57. The molecule has 2 rings (SSSR count). The molecule has 0 amide bonds. The van der Waals surface area contributed by atoms with Crippen LogP contribution in [-0.4, -0.2) is 24.7 Å². The van der Waals surface area contributed by atoms with Gasteiger partial charge in [-0.1, -0.05) is 36.7 Å². The third-order valence-electron chi connectivity index (χ3n) is 4.68. The van der Waals surface area contributed by atoms with E-state index in [4.69, 9.17) is 0 Å². The van der Waals surface area contributed by atoms with Crippen LogP contribution in [0.1, 0.15) is 39.7 Å². The van der Waals surface area contributed by atoms with E-state index in [1.165, 1.54) is 11.3 Å². The molecule has 112 valence electrons. The predicted molar refractivity (Wildman–Crippen MR) is 91.5 cm³/mol. The summed E-state index contributed by atoms with van der Waals surface area (Å²) in [6.07, 6.45) is 1.16. The van der Waals surface area contributed by atoms with E-state index in [1.54, 1.807) is 0 Å². The zero-order valence-electron chi connectivity index (χ0n) is 13.3. The van der Waals surface area contributed by atoms with E-state index in [-0.39, 0.29) is 5.54 Å². The number of nitrogens with zero attached hydrogens (tertiary/aromatic N) is 1. The van der Waals surface area contributed by atoms with E-state index in [0.717, 1.165) is 24.0 Å². The van der Waals surface area contributed by atoms with Gasteiger partial charge in [0.1, 0.15) is 0 Å². The van der Waals surface area contributed by atoms with Gasteiger partial charge in [-0.25, -0.2) is 0 Å². The van der Waals surface area contributed by atoms with Crippen LogP contribution in [0.25, 0.3) is 0 Å². The topological polar surface area (TPSA) is 15.3 Å². The van der Waals surface area contributed by atoms with Crippen molar-refractivity contribution < 1.29 is 0 Å². The molecule has 1 aliphatic heterocycles. The summed E-state index contributed by atoms with van der Waals surface area (Å²) in [5.41, 5.74) is 2.95. The Balaban J connectivity index is 2.36. The van der Waals surface area contributed by atoms with E-state index >= 15 is 0 Å². The first-order valence-corrected chi connectivity index (χ1v) is 8.43. The molecule has 1 aliphatic rings. The van der Waals surface area contributed by atoms with E-state index in [9.17, 15) is 0 Å². The first kappa shape index (κ1) is 15.8. The highest BCUT2D eigenvalue weighted by atomic mass is 79.9. The fourth-order valence-corrected chi connectivity index (χ4v) is 3.52. The summed E-state index contributed by atoms with van der Waals surface area (Å²) < 4.78 is 1.16. The summed E-state index contributed by atoms with van der Waals surface area (Å²) in [6.45, 7) is 13.6. The Morgan fingerprint density at radius 1 is 1.45 bits per heavy atom. The maximum Gasteiger partial charge on any atom is 0.0438 e. The summed E-state index contributed by atoms with van der Waals surface area (Å²) in [5.74, 6) is 0.645. The van der Waals surface area contributed by atoms with E-state index in [0.29, 0.717) is 12.0 Å². The smallest absolute Gasteiger partial charge is 0.0438 e. The number of hydrogen-bond acceptors (Lipinski definition) is 2. The van der Waals surface area contributed by atoms with Gasteiger partial charge in [-0.15, -0.1) is 0 Å². The monoisotopic (exact) mass is 338 g/mol. The number of rotatable bonds is 3. The van der Waals surface area contributed by atoms with Crippen molar-refractivity contribution in [3.05, 3.63) is 28.2 Å². The van der Waals surface area contributed by atoms with Gasteiger partial charge in [-0.2, -0.15) is 0 Å². The van der Waals surface area contributed by atoms with Gasteiger partial charge in [0.25, 0.3) is 0 Å². The molecule has 0 bridgehead atoms. The van der Waals surface area contributed by atoms with Gasteiger partial charge in [0, 0.05) is 34.8 Å². The highest BCUT2D eigenvalue weighted by Gasteiger charge is 2.36. The molecule has 2 unspecified atom stereocenters. The lowest BCUT2D eigenvalue weighted by Crippen LogP contribution is -2.64. The number of nitrogens with one attached hydrogen (secondary N) is 1. The molecule has 1 heterocycles. The van der Waals surface area contributed by atoms with Crippen LogP contribution >= 0.6 is 15.9 Å². The zero-order valence-corrected chi connectivity index (χ0v) is 14.9. The molecule has 20 heavy (non-hydrogen) atoms. The van der Waals surface area contributed by atoms with Gasteiger partial charge in [-0.05, 0) is 49.9 Å². The van der Waals surface area contributed by atoms with E-state index < -0.39 is 0 Å². The molecule has 0 aliphatic carbocycles. The first-order valence-electron chi connectivity index (χ1n) is 7.64. The average molecular weight is 339 g/mol. The molecule has 2 nitrogen and oxygen atoms in total. The minimum Gasteiger partial charge on any atom is -0.365 e. The molecule has 1 fully saturated rings. The summed E-state index contributed by atoms with van der Waals surface area (Å²) in [5, 5.41) is 3.76. The van der Waals surface area contributed by atoms with E-state index in [1.807, 2.05) is 0 Å². The molecule has 0 saturated carbocycles. The maximum absolute atomic E-state index is 3.76. The SMILES string of the molecule is CCC1(C)CN(c2ccc(Br)cc2C)C(C(C)C)CN1. The quantitative estimate of drug-likeness (QED) is 0.880. The summed E-state index contributed by atoms with van der Waals surface area (Å²) in [6, 6.07) is 7.20. The lowest BCUT2D eigenvalue weighted by molar-refractivity contribution is 0.253. The van der Waals surface area contributed by atoms with Crippen molar-refractivity contribution >= 4 is 21.6 Å². The van der Waals surface area contributed by atoms with Crippen molar-refractivity contribution in [2.24, 2.45) is 5.92 Å². The van der Waals surface area contributed by atoms with Crippen LogP contribution < -0.4 is 10.2 Å². The van der Waals surface area contributed by atoms with Crippen LogP contribution in [-0.2, 0) is 0 Å². The molecule has 0 aromatic heterocycles. The largest absolute Gasteiger partial charge is 0.365 e. The standard InChI is InChI=1S/C17H27BrN2/c1-6-17(5)11-20(16(10-19-17)12(2)3)15-8-7-14(18)9-13(15)4/h7-9,12,16,19H,6,10-11H2,1-5H3. The Morgan fingerprint density at radius 3 is 2.70 bits per heavy atom. The number of benzene rings is 1. The minimum absolute atomic E-state index is 0.213. The second kappa shape index (κ2) is 6.07. The molecule has 1 aromatic rings. The van der Waals surface area contributed by atoms with Crippen molar-refractivity contribution in [1.29, 1.82) is 0 Å². The lowest BCUT2D eigenvalue weighted by Gasteiger charge is -2.49. The Morgan fingerprint density at radius 2 is 2.15 bits per heavy atom. The highest BCUT2D eigenvalue weighted by Crippen LogP contribution is 2.31. The van der Waals surface area contributed by atoms with Gasteiger partial charge in [0.2, 0.25) is 0 Å². The van der Waals surface area contributed by atoms with Crippen LogP contribution in [0.5, 0.6) is 0 Å². The van der Waals surface area contributed by atoms with Crippen molar-refractivity contribution in [2.75, 3.05) is 18.0 Å². The Hall–Kier alpha value is -0.540. The van der Waals surface area contributed by atoms with E-state index in [2.05, 4.69) is 79.0 Å². The fourth-order valence-electron chi connectivity index (χ4n) is 3.05. The van der Waals surface area contributed by atoms with Crippen LogP contribution in [0.3, 0.4) is 0 Å². The Kier molecular flexibility index (Phi) is 4.80. The Bertz CT molecular complexity index is 472. The fraction of sp³-hybridized carbons (Fsp3) is 0.647. The molecule has 0 spiro atoms. The van der Waals surface area contributed by atoms with Gasteiger partial charge < -0.3 is 10.2 Å². The molecular formula is C17H27BrN2. The molecule has 1 N–H and O–H groups in total. The normalized spacial score (nSPS) is 27.1. The summed E-state index contributed by atoms with van der Waals surface area (Å²) in [7, 11) is 0. The number of aryl methyl sites for hydroxylation is 1. The van der Waals surface area contributed by atoms with Gasteiger partial charge in [0.15, 0.2) is 0 Å². The second-order valence-corrected chi connectivity index (χ2v) is 7.58. The molecule has 0 radical (unpaired) electrons. The predicted octanol–water partition coefficient (Wildman–Crippen LogP) is 4.36. The number of anilines is 1. The number of piperazine rings is 1. The average Bonchev–Trinajstić information content (AvgIpc) is 2.38. The first-order chi connectivity index (χ1) is 9.36. The van der Waals surface area contributed by atoms with Crippen LogP contribution in [0, 0.1) is 12.8 Å².